The van der Waals surface area contributed by atoms with Gasteiger partial charge in [0.2, 0.25) is 17.6 Å². The van der Waals surface area contributed by atoms with Crippen LogP contribution in [0.4, 0.5) is 0 Å². The molecule has 0 saturated carbocycles. The van der Waals surface area contributed by atoms with Gasteiger partial charge < -0.3 is 8.94 Å². The molecule has 4 aromatic rings. The third kappa shape index (κ3) is 3.98. The summed E-state index contributed by atoms with van der Waals surface area (Å²) in [5.74, 6) is 1.85. The molecule has 0 amide bonds. The summed E-state index contributed by atoms with van der Waals surface area (Å²) >= 11 is 10.7. The molecule has 0 spiro atoms. The van der Waals surface area contributed by atoms with Crippen molar-refractivity contribution in [3.8, 4) is 22.8 Å². The Labute approximate surface area is 166 Å². The number of rotatable bonds is 5. The first-order valence-corrected chi connectivity index (χ1v) is 9.64. The zero-order valence-electron chi connectivity index (χ0n) is 13.1. The van der Waals surface area contributed by atoms with Crippen LogP contribution in [0.5, 0.6) is 0 Å². The molecule has 4 rings (SSSR count). The van der Waals surface area contributed by atoms with E-state index in [1.807, 2.05) is 36.4 Å². The lowest BCUT2D eigenvalue weighted by Gasteiger charge is -1.95. The van der Waals surface area contributed by atoms with E-state index in [1.165, 1.54) is 11.8 Å². The minimum absolute atomic E-state index is 0.412. The average Bonchev–Trinajstić information content (AvgIpc) is 3.30. The van der Waals surface area contributed by atoms with E-state index in [-0.39, 0.29) is 0 Å². The van der Waals surface area contributed by atoms with Gasteiger partial charge in [0.05, 0.1) is 5.75 Å². The quantitative estimate of drug-likeness (QED) is 0.372. The summed E-state index contributed by atoms with van der Waals surface area (Å²) in [5.41, 5.74) is 1.65. The molecule has 2 aromatic carbocycles. The highest BCUT2D eigenvalue weighted by Gasteiger charge is 2.13. The van der Waals surface area contributed by atoms with E-state index in [4.69, 9.17) is 20.5 Å². The second-order valence-corrected chi connectivity index (χ2v) is 7.47. The summed E-state index contributed by atoms with van der Waals surface area (Å²) in [4.78, 5) is 4.39. The van der Waals surface area contributed by atoms with E-state index in [0.717, 1.165) is 15.6 Å². The molecule has 0 unspecified atom stereocenters. The van der Waals surface area contributed by atoms with Crippen molar-refractivity contribution in [3.63, 3.8) is 0 Å². The lowest BCUT2D eigenvalue weighted by molar-refractivity contribution is 0.391. The number of hydrogen-bond acceptors (Lipinski definition) is 7. The number of benzene rings is 2. The standard InChI is InChI=1S/C17H10BrClN4O2S/c18-12-5-1-3-10(7-12)15-20-14(25-23-15)9-26-17-22-21-16(24-17)11-4-2-6-13(19)8-11/h1-8H,9H2. The first-order chi connectivity index (χ1) is 12.7. The Balaban J connectivity index is 1.44. The third-order valence-corrected chi connectivity index (χ3v) is 4.88. The van der Waals surface area contributed by atoms with Gasteiger partial charge in [-0.25, -0.2) is 0 Å². The number of halogens is 2. The van der Waals surface area contributed by atoms with Crippen LogP contribution in [0.3, 0.4) is 0 Å². The van der Waals surface area contributed by atoms with Crippen LogP contribution in [-0.4, -0.2) is 20.3 Å². The van der Waals surface area contributed by atoms with Gasteiger partial charge in [0.15, 0.2) is 0 Å². The van der Waals surface area contributed by atoms with Crippen LogP contribution in [0.1, 0.15) is 5.89 Å². The van der Waals surface area contributed by atoms with Gasteiger partial charge in [-0.3, -0.25) is 0 Å². The molecule has 0 radical (unpaired) electrons. The Morgan fingerprint density at radius 1 is 1.04 bits per heavy atom. The average molecular weight is 450 g/mol. The van der Waals surface area contributed by atoms with E-state index in [0.29, 0.717) is 33.6 Å². The number of thioether (sulfide) groups is 1. The third-order valence-electron chi connectivity index (χ3n) is 3.35. The molecule has 9 heteroatoms. The van der Waals surface area contributed by atoms with Crippen molar-refractivity contribution in [3.05, 3.63) is 63.9 Å². The minimum atomic E-state index is 0.412. The molecule has 6 nitrogen and oxygen atoms in total. The SMILES string of the molecule is Clc1cccc(-c2nnc(SCc3nc(-c4cccc(Br)c4)no3)o2)c1. The van der Waals surface area contributed by atoms with Crippen molar-refractivity contribution in [2.24, 2.45) is 0 Å². The Bertz CT molecular complexity index is 969. The van der Waals surface area contributed by atoms with E-state index < -0.39 is 0 Å². The molecule has 0 atom stereocenters. The second kappa shape index (κ2) is 7.61. The maximum atomic E-state index is 5.98. The van der Waals surface area contributed by atoms with Crippen LogP contribution < -0.4 is 0 Å². The predicted octanol–water partition coefficient (Wildman–Crippen LogP) is 5.49. The largest absolute Gasteiger partial charge is 0.411 e. The first-order valence-electron chi connectivity index (χ1n) is 7.48. The van der Waals surface area contributed by atoms with Gasteiger partial charge in [0, 0.05) is 20.6 Å². The molecule has 0 aliphatic rings. The van der Waals surface area contributed by atoms with E-state index >= 15 is 0 Å². The molecule has 0 N–H and O–H groups in total. The summed E-state index contributed by atoms with van der Waals surface area (Å²) in [6.45, 7) is 0. The van der Waals surface area contributed by atoms with E-state index in [2.05, 4.69) is 36.3 Å². The van der Waals surface area contributed by atoms with Gasteiger partial charge in [-0.2, -0.15) is 4.98 Å². The van der Waals surface area contributed by atoms with Crippen molar-refractivity contribution in [1.29, 1.82) is 0 Å². The highest BCUT2D eigenvalue weighted by atomic mass is 79.9. The molecule has 0 bridgehead atoms. The van der Waals surface area contributed by atoms with Gasteiger partial charge in [0.25, 0.3) is 5.22 Å². The zero-order valence-corrected chi connectivity index (χ0v) is 16.3. The molecular weight excluding hydrogens is 440 g/mol. The van der Waals surface area contributed by atoms with Crippen molar-refractivity contribution < 1.29 is 8.94 Å². The van der Waals surface area contributed by atoms with Crippen LogP contribution in [0, 0.1) is 0 Å². The van der Waals surface area contributed by atoms with Crippen LogP contribution >= 0.6 is 39.3 Å². The molecule has 0 fully saturated rings. The van der Waals surface area contributed by atoms with E-state index in [1.54, 1.807) is 12.1 Å². The smallest absolute Gasteiger partial charge is 0.277 e. The summed E-state index contributed by atoms with van der Waals surface area (Å²) in [5, 5.41) is 13.1. The molecule has 130 valence electrons. The topological polar surface area (TPSA) is 77.8 Å². The predicted molar refractivity (Wildman–Crippen MR) is 102 cm³/mol. The summed E-state index contributed by atoms with van der Waals surface area (Å²) < 4.78 is 11.9. The fraction of sp³-hybridized carbons (Fsp3) is 0.0588. The summed E-state index contributed by atoms with van der Waals surface area (Å²) in [6, 6.07) is 14.9. The maximum Gasteiger partial charge on any atom is 0.277 e. The minimum Gasteiger partial charge on any atom is -0.411 e. The molecule has 2 heterocycles. The van der Waals surface area contributed by atoms with Crippen LogP contribution in [0.2, 0.25) is 5.02 Å². The first kappa shape index (κ1) is 17.3. The number of hydrogen-bond donors (Lipinski definition) is 0. The Morgan fingerprint density at radius 2 is 1.88 bits per heavy atom. The number of nitrogens with zero attached hydrogens (tertiary/aromatic N) is 4. The molecule has 0 saturated heterocycles. The van der Waals surface area contributed by atoms with Crippen molar-refractivity contribution >= 4 is 39.3 Å². The molecule has 0 aliphatic carbocycles. The normalized spacial score (nSPS) is 11.0. The van der Waals surface area contributed by atoms with Crippen LogP contribution in [-0.2, 0) is 5.75 Å². The molecule has 0 aliphatic heterocycles. The lowest BCUT2D eigenvalue weighted by Crippen LogP contribution is -1.83. The van der Waals surface area contributed by atoms with Gasteiger partial charge >= 0.3 is 0 Å². The molecular formula is C17H10BrClN4O2S. The maximum absolute atomic E-state index is 5.98. The van der Waals surface area contributed by atoms with Gasteiger partial charge in [-0.1, -0.05) is 62.6 Å². The van der Waals surface area contributed by atoms with Gasteiger partial charge in [0.1, 0.15) is 0 Å². The van der Waals surface area contributed by atoms with Crippen LogP contribution in [0.25, 0.3) is 22.8 Å². The zero-order chi connectivity index (χ0) is 17.9. The Kier molecular flexibility index (Phi) is 5.05. The fourth-order valence-electron chi connectivity index (χ4n) is 2.19. The second-order valence-electron chi connectivity index (χ2n) is 5.19. The highest BCUT2D eigenvalue weighted by molar-refractivity contribution is 9.10. The van der Waals surface area contributed by atoms with Crippen molar-refractivity contribution in [2.75, 3.05) is 0 Å². The monoisotopic (exact) mass is 448 g/mol. The Morgan fingerprint density at radius 3 is 2.73 bits per heavy atom. The van der Waals surface area contributed by atoms with Crippen molar-refractivity contribution in [1.82, 2.24) is 20.3 Å². The van der Waals surface area contributed by atoms with Gasteiger partial charge in [-0.05, 0) is 30.3 Å². The van der Waals surface area contributed by atoms with Gasteiger partial charge in [-0.15, -0.1) is 10.2 Å². The number of aromatic nitrogens is 4. The van der Waals surface area contributed by atoms with E-state index in [9.17, 15) is 0 Å². The lowest BCUT2D eigenvalue weighted by atomic mass is 10.2. The summed E-state index contributed by atoms with van der Waals surface area (Å²) in [7, 11) is 0. The molecule has 26 heavy (non-hydrogen) atoms. The Hall–Kier alpha value is -2.16. The fourth-order valence-corrected chi connectivity index (χ4v) is 3.38. The highest BCUT2D eigenvalue weighted by Crippen LogP contribution is 2.27. The summed E-state index contributed by atoms with van der Waals surface area (Å²) in [6.07, 6.45) is 0. The molecule has 2 aromatic heterocycles. The van der Waals surface area contributed by atoms with Crippen LogP contribution in [0.15, 0.2) is 67.2 Å². The van der Waals surface area contributed by atoms with Crippen molar-refractivity contribution in [2.45, 2.75) is 11.0 Å².